The minimum atomic E-state index is 0.192. The van der Waals surface area contributed by atoms with Crippen molar-refractivity contribution < 1.29 is 0 Å². The smallest absolute Gasteiger partial charge is 0.228 e. The quantitative estimate of drug-likeness (QED) is 0.702. The molecule has 4 heterocycles. The average Bonchev–Trinajstić information content (AvgIpc) is 3.14. The second-order valence-electron chi connectivity index (χ2n) is 7.42. The summed E-state index contributed by atoms with van der Waals surface area (Å²) in [6.45, 7) is 7.79. The van der Waals surface area contributed by atoms with Crippen molar-refractivity contribution in [2.45, 2.75) is 52.6 Å². The van der Waals surface area contributed by atoms with Gasteiger partial charge in [-0.15, -0.1) is 0 Å². The predicted molar refractivity (Wildman–Crippen MR) is 107 cm³/mol. The molecule has 1 fully saturated rings. The number of rotatable bonds is 5. The van der Waals surface area contributed by atoms with E-state index >= 15 is 0 Å². The second kappa shape index (κ2) is 8.02. The maximum atomic E-state index is 4.82. The van der Waals surface area contributed by atoms with E-state index in [2.05, 4.69) is 30.4 Å². The Hall–Kier alpha value is -2.87. The number of nitrogens with zero attached hydrogens (tertiary/aromatic N) is 6. The van der Waals surface area contributed by atoms with Crippen LogP contribution in [0.2, 0.25) is 0 Å². The Morgan fingerprint density at radius 1 is 1.04 bits per heavy atom. The summed E-state index contributed by atoms with van der Waals surface area (Å²) < 4.78 is 0. The van der Waals surface area contributed by atoms with E-state index in [0.29, 0.717) is 5.95 Å². The summed E-state index contributed by atoms with van der Waals surface area (Å²) in [6, 6.07) is 6.11. The van der Waals surface area contributed by atoms with Crippen LogP contribution in [0.3, 0.4) is 0 Å². The van der Waals surface area contributed by atoms with E-state index in [-0.39, 0.29) is 6.04 Å². The molecule has 1 unspecified atom stereocenters. The van der Waals surface area contributed by atoms with Gasteiger partial charge in [0.15, 0.2) is 0 Å². The second-order valence-corrected chi connectivity index (χ2v) is 7.42. The molecule has 0 radical (unpaired) electrons. The molecule has 3 aromatic heterocycles. The standard InChI is InChI=1S/C20H26N8/c1-13-10-14(2)24-20(23-13)26-18-11-15(3)22-19(25-18)17-6-4-5-9-28(17)12-16-7-8-21-27-16/h7-8,10-11,17H,4-6,9,12H2,1-3H3,(H,21,27)(H,22,23,24,25,26). The lowest BCUT2D eigenvalue weighted by Gasteiger charge is -2.34. The molecule has 0 aromatic carbocycles. The third kappa shape index (κ3) is 4.33. The molecule has 1 saturated heterocycles. The molecule has 0 bridgehead atoms. The predicted octanol–water partition coefficient (Wildman–Crippen LogP) is 3.39. The van der Waals surface area contributed by atoms with Gasteiger partial charge in [0.05, 0.1) is 6.04 Å². The third-order valence-electron chi connectivity index (χ3n) is 4.94. The van der Waals surface area contributed by atoms with Crippen molar-refractivity contribution in [3.63, 3.8) is 0 Å². The van der Waals surface area contributed by atoms with Gasteiger partial charge >= 0.3 is 0 Å². The van der Waals surface area contributed by atoms with E-state index in [1.165, 1.54) is 12.8 Å². The summed E-state index contributed by atoms with van der Waals surface area (Å²) >= 11 is 0. The Balaban J connectivity index is 1.59. The van der Waals surface area contributed by atoms with E-state index in [1.807, 2.05) is 39.0 Å². The van der Waals surface area contributed by atoms with E-state index in [1.54, 1.807) is 6.20 Å². The SMILES string of the molecule is Cc1cc(C)nc(Nc2cc(C)nc(C3CCCCN3Cc3ccn[nH]3)n2)n1. The van der Waals surface area contributed by atoms with Gasteiger partial charge in [-0.25, -0.2) is 19.9 Å². The fourth-order valence-corrected chi connectivity index (χ4v) is 3.77. The number of aromatic amines is 1. The number of aryl methyl sites for hydroxylation is 3. The molecule has 1 aliphatic heterocycles. The van der Waals surface area contributed by atoms with Gasteiger partial charge < -0.3 is 5.32 Å². The van der Waals surface area contributed by atoms with Crippen molar-refractivity contribution in [1.29, 1.82) is 0 Å². The highest BCUT2D eigenvalue weighted by Crippen LogP contribution is 2.31. The zero-order valence-electron chi connectivity index (χ0n) is 16.6. The lowest BCUT2D eigenvalue weighted by atomic mass is 10.0. The van der Waals surface area contributed by atoms with Crippen LogP contribution in [0.4, 0.5) is 11.8 Å². The topological polar surface area (TPSA) is 95.5 Å². The molecule has 1 atom stereocenters. The highest BCUT2D eigenvalue weighted by atomic mass is 15.2. The maximum absolute atomic E-state index is 4.82. The minimum absolute atomic E-state index is 0.192. The van der Waals surface area contributed by atoms with Crippen LogP contribution in [0.1, 0.15) is 53.9 Å². The molecule has 4 rings (SSSR count). The van der Waals surface area contributed by atoms with Gasteiger partial charge in [-0.05, 0) is 52.3 Å². The zero-order chi connectivity index (χ0) is 19.5. The summed E-state index contributed by atoms with van der Waals surface area (Å²) in [5.41, 5.74) is 3.91. The number of likely N-dealkylation sites (tertiary alicyclic amines) is 1. The van der Waals surface area contributed by atoms with E-state index in [4.69, 9.17) is 9.97 Å². The van der Waals surface area contributed by atoms with Crippen molar-refractivity contribution in [2.75, 3.05) is 11.9 Å². The summed E-state index contributed by atoms with van der Waals surface area (Å²) in [6.07, 6.45) is 5.22. The van der Waals surface area contributed by atoms with Crippen LogP contribution in [-0.2, 0) is 6.54 Å². The number of aromatic nitrogens is 6. The monoisotopic (exact) mass is 378 g/mol. The molecule has 0 aliphatic carbocycles. The lowest BCUT2D eigenvalue weighted by molar-refractivity contribution is 0.132. The van der Waals surface area contributed by atoms with Crippen LogP contribution in [0, 0.1) is 20.8 Å². The van der Waals surface area contributed by atoms with Crippen LogP contribution in [0.25, 0.3) is 0 Å². The minimum Gasteiger partial charge on any atom is -0.309 e. The fraction of sp³-hybridized carbons (Fsp3) is 0.450. The van der Waals surface area contributed by atoms with Crippen LogP contribution in [0.5, 0.6) is 0 Å². The van der Waals surface area contributed by atoms with Crippen molar-refractivity contribution in [1.82, 2.24) is 35.0 Å². The number of H-pyrrole nitrogens is 1. The first-order chi connectivity index (χ1) is 13.6. The van der Waals surface area contributed by atoms with Crippen molar-refractivity contribution in [3.8, 4) is 0 Å². The third-order valence-corrected chi connectivity index (χ3v) is 4.94. The number of hydrogen-bond donors (Lipinski definition) is 2. The molecule has 1 aliphatic rings. The van der Waals surface area contributed by atoms with Crippen LogP contribution in [0.15, 0.2) is 24.4 Å². The molecular weight excluding hydrogens is 352 g/mol. The molecule has 146 valence electrons. The Bertz CT molecular complexity index is 917. The summed E-state index contributed by atoms with van der Waals surface area (Å²) in [7, 11) is 0. The molecule has 0 saturated carbocycles. The van der Waals surface area contributed by atoms with E-state index in [0.717, 1.165) is 53.9 Å². The maximum Gasteiger partial charge on any atom is 0.228 e. The molecule has 28 heavy (non-hydrogen) atoms. The molecule has 0 amide bonds. The van der Waals surface area contributed by atoms with Gasteiger partial charge in [-0.1, -0.05) is 6.42 Å². The van der Waals surface area contributed by atoms with Gasteiger partial charge in [-0.3, -0.25) is 10.00 Å². The van der Waals surface area contributed by atoms with Gasteiger partial charge in [-0.2, -0.15) is 5.10 Å². The van der Waals surface area contributed by atoms with Gasteiger partial charge in [0.25, 0.3) is 0 Å². The highest BCUT2D eigenvalue weighted by Gasteiger charge is 2.27. The molecular formula is C20H26N8. The van der Waals surface area contributed by atoms with Crippen molar-refractivity contribution in [2.24, 2.45) is 0 Å². The van der Waals surface area contributed by atoms with E-state index < -0.39 is 0 Å². The number of nitrogens with one attached hydrogen (secondary N) is 2. The van der Waals surface area contributed by atoms with Crippen molar-refractivity contribution in [3.05, 3.63) is 53.0 Å². The molecule has 8 nitrogen and oxygen atoms in total. The summed E-state index contributed by atoms with van der Waals surface area (Å²) in [5.74, 6) is 2.16. The number of anilines is 2. The zero-order valence-corrected chi connectivity index (χ0v) is 16.6. The van der Waals surface area contributed by atoms with Gasteiger partial charge in [0.2, 0.25) is 5.95 Å². The first-order valence-electron chi connectivity index (χ1n) is 9.74. The highest BCUT2D eigenvalue weighted by molar-refractivity contribution is 5.48. The van der Waals surface area contributed by atoms with Gasteiger partial charge in [0.1, 0.15) is 11.6 Å². The number of hydrogen-bond acceptors (Lipinski definition) is 7. The Morgan fingerprint density at radius 2 is 1.82 bits per heavy atom. The number of piperidine rings is 1. The fourth-order valence-electron chi connectivity index (χ4n) is 3.77. The molecule has 2 N–H and O–H groups in total. The average molecular weight is 378 g/mol. The Morgan fingerprint density at radius 3 is 2.57 bits per heavy atom. The normalized spacial score (nSPS) is 17.6. The van der Waals surface area contributed by atoms with Crippen LogP contribution < -0.4 is 5.32 Å². The summed E-state index contributed by atoms with van der Waals surface area (Å²) in [4.78, 5) is 20.9. The Labute approximate surface area is 164 Å². The van der Waals surface area contributed by atoms with Crippen molar-refractivity contribution >= 4 is 11.8 Å². The largest absolute Gasteiger partial charge is 0.309 e. The van der Waals surface area contributed by atoms with Crippen LogP contribution in [-0.4, -0.2) is 41.6 Å². The lowest BCUT2D eigenvalue weighted by Crippen LogP contribution is -2.34. The first kappa shape index (κ1) is 18.5. The van der Waals surface area contributed by atoms with Gasteiger partial charge in [0, 0.05) is 41.6 Å². The molecule has 0 spiro atoms. The Kier molecular flexibility index (Phi) is 5.29. The van der Waals surface area contributed by atoms with Crippen LogP contribution >= 0.6 is 0 Å². The summed E-state index contributed by atoms with van der Waals surface area (Å²) in [5, 5.41) is 10.4. The molecule has 8 heteroatoms. The molecule has 3 aromatic rings. The first-order valence-corrected chi connectivity index (χ1v) is 9.74. The van der Waals surface area contributed by atoms with E-state index in [9.17, 15) is 0 Å².